The number of benzene rings is 2. The van der Waals surface area contributed by atoms with Crippen molar-refractivity contribution in [3.05, 3.63) is 57.6 Å². The Morgan fingerprint density at radius 3 is 2.63 bits per heavy atom. The molecule has 0 spiro atoms. The molecular formula is C21H23Cl2NO3. The second-order valence-electron chi connectivity index (χ2n) is 7.29. The van der Waals surface area contributed by atoms with Gasteiger partial charge in [0.2, 0.25) is 5.91 Å². The van der Waals surface area contributed by atoms with E-state index in [9.17, 15) is 4.79 Å². The Morgan fingerprint density at radius 1 is 1.26 bits per heavy atom. The summed E-state index contributed by atoms with van der Waals surface area (Å²) < 4.78 is 11.4. The zero-order valence-corrected chi connectivity index (χ0v) is 17.2. The van der Waals surface area contributed by atoms with E-state index in [1.165, 1.54) is 0 Å². The fourth-order valence-corrected chi connectivity index (χ4v) is 3.95. The van der Waals surface area contributed by atoms with Gasteiger partial charge in [-0.1, -0.05) is 29.3 Å². The summed E-state index contributed by atoms with van der Waals surface area (Å²) in [5.74, 6) is 1.45. The van der Waals surface area contributed by atoms with Gasteiger partial charge in [-0.2, -0.15) is 0 Å². The summed E-state index contributed by atoms with van der Waals surface area (Å²) in [7, 11) is 1.62. The number of nitrogens with one attached hydrogen (secondary N) is 1. The minimum absolute atomic E-state index is 0.0533. The lowest BCUT2D eigenvalue weighted by molar-refractivity contribution is -0.122. The zero-order chi connectivity index (χ0) is 19.6. The number of hydrogen-bond donors (Lipinski definition) is 1. The molecule has 0 radical (unpaired) electrons. The topological polar surface area (TPSA) is 47.6 Å². The quantitative estimate of drug-likeness (QED) is 0.725. The fraction of sp³-hybridized carbons (Fsp3) is 0.381. The van der Waals surface area contributed by atoms with Crippen LogP contribution in [0, 0.1) is 0 Å². The van der Waals surface area contributed by atoms with Gasteiger partial charge >= 0.3 is 0 Å². The molecule has 2 aromatic carbocycles. The van der Waals surface area contributed by atoms with Gasteiger partial charge in [0.25, 0.3) is 0 Å². The first-order chi connectivity index (χ1) is 12.8. The van der Waals surface area contributed by atoms with Gasteiger partial charge in [0, 0.05) is 28.5 Å². The van der Waals surface area contributed by atoms with E-state index in [1.54, 1.807) is 25.3 Å². The maximum atomic E-state index is 12.6. The molecule has 0 saturated heterocycles. The number of hydrogen-bond acceptors (Lipinski definition) is 3. The predicted molar refractivity (Wildman–Crippen MR) is 108 cm³/mol. The molecule has 6 heteroatoms. The molecule has 0 aliphatic carbocycles. The number of amides is 1. The minimum Gasteiger partial charge on any atom is -0.497 e. The van der Waals surface area contributed by atoms with Crippen molar-refractivity contribution in [2.75, 3.05) is 7.11 Å². The fourth-order valence-electron chi connectivity index (χ4n) is 3.36. The lowest BCUT2D eigenvalue weighted by Gasteiger charge is -2.38. The second kappa shape index (κ2) is 7.99. The summed E-state index contributed by atoms with van der Waals surface area (Å²) in [4.78, 5) is 12.6. The third-order valence-electron chi connectivity index (χ3n) is 4.67. The molecular weight excluding hydrogens is 385 g/mol. The first-order valence-corrected chi connectivity index (χ1v) is 9.64. The van der Waals surface area contributed by atoms with E-state index in [4.69, 9.17) is 32.7 Å². The average Bonchev–Trinajstić information content (AvgIpc) is 2.60. The molecule has 3 rings (SSSR count). The van der Waals surface area contributed by atoms with Crippen LogP contribution in [0.1, 0.15) is 43.9 Å². The van der Waals surface area contributed by atoms with Crippen LogP contribution in [-0.4, -0.2) is 18.6 Å². The third kappa shape index (κ3) is 4.69. The number of carbonyl (C=O) groups is 1. The Kier molecular flexibility index (Phi) is 5.87. The van der Waals surface area contributed by atoms with Crippen LogP contribution in [0.3, 0.4) is 0 Å². The molecule has 0 saturated carbocycles. The molecule has 0 bridgehead atoms. The Balaban J connectivity index is 1.73. The highest BCUT2D eigenvalue weighted by molar-refractivity contribution is 6.36. The van der Waals surface area contributed by atoms with Crippen LogP contribution >= 0.6 is 23.2 Å². The van der Waals surface area contributed by atoms with Gasteiger partial charge < -0.3 is 14.8 Å². The largest absolute Gasteiger partial charge is 0.497 e. The van der Waals surface area contributed by atoms with E-state index >= 15 is 0 Å². The van der Waals surface area contributed by atoms with Crippen molar-refractivity contribution < 1.29 is 14.3 Å². The Labute approximate surface area is 169 Å². The number of carbonyl (C=O) groups excluding carboxylic acids is 1. The van der Waals surface area contributed by atoms with E-state index in [0.717, 1.165) is 22.6 Å². The van der Waals surface area contributed by atoms with Crippen LogP contribution < -0.4 is 14.8 Å². The first-order valence-electron chi connectivity index (χ1n) is 8.88. The molecule has 4 nitrogen and oxygen atoms in total. The molecule has 1 aliphatic heterocycles. The number of methoxy groups -OCH3 is 1. The Bertz CT molecular complexity index is 831. The molecule has 1 amide bonds. The highest BCUT2D eigenvalue weighted by Crippen LogP contribution is 2.41. The van der Waals surface area contributed by atoms with Gasteiger partial charge in [-0.05, 0) is 56.2 Å². The number of halogens is 2. The molecule has 2 aromatic rings. The van der Waals surface area contributed by atoms with Crippen LogP contribution in [0.2, 0.25) is 10.0 Å². The van der Waals surface area contributed by atoms with E-state index < -0.39 is 0 Å². The highest BCUT2D eigenvalue weighted by atomic mass is 35.5. The van der Waals surface area contributed by atoms with Crippen molar-refractivity contribution in [1.82, 2.24) is 5.32 Å². The van der Waals surface area contributed by atoms with Gasteiger partial charge in [-0.15, -0.1) is 0 Å². The summed E-state index contributed by atoms with van der Waals surface area (Å²) in [6.45, 7) is 4.03. The zero-order valence-electron chi connectivity index (χ0n) is 15.6. The van der Waals surface area contributed by atoms with Gasteiger partial charge in [0.05, 0.1) is 13.2 Å². The van der Waals surface area contributed by atoms with E-state index in [0.29, 0.717) is 29.3 Å². The number of rotatable bonds is 5. The maximum Gasteiger partial charge on any atom is 0.220 e. The molecule has 144 valence electrons. The summed E-state index contributed by atoms with van der Waals surface area (Å²) in [6, 6.07) is 10.9. The van der Waals surface area contributed by atoms with Crippen molar-refractivity contribution in [1.29, 1.82) is 0 Å². The number of ether oxygens (including phenoxy) is 2. The first kappa shape index (κ1) is 19.8. The maximum absolute atomic E-state index is 12.6. The SMILES string of the molecule is COc1ccc2c(c1)[C@H](NC(=O)CCc1c(Cl)cccc1Cl)CC(C)(C)O2. The summed E-state index contributed by atoms with van der Waals surface area (Å²) in [5.41, 5.74) is 1.36. The Hall–Kier alpha value is -1.91. The molecule has 1 N–H and O–H groups in total. The van der Waals surface area contributed by atoms with Crippen molar-refractivity contribution in [2.24, 2.45) is 0 Å². The van der Waals surface area contributed by atoms with Crippen molar-refractivity contribution in [3.8, 4) is 11.5 Å². The van der Waals surface area contributed by atoms with Crippen LogP contribution in [0.25, 0.3) is 0 Å². The lowest BCUT2D eigenvalue weighted by atomic mass is 9.89. The van der Waals surface area contributed by atoms with Crippen molar-refractivity contribution >= 4 is 29.1 Å². The number of fused-ring (bicyclic) bond motifs is 1. The monoisotopic (exact) mass is 407 g/mol. The average molecular weight is 408 g/mol. The smallest absolute Gasteiger partial charge is 0.220 e. The second-order valence-corrected chi connectivity index (χ2v) is 8.10. The van der Waals surface area contributed by atoms with E-state index in [1.807, 2.05) is 32.0 Å². The van der Waals surface area contributed by atoms with E-state index in [2.05, 4.69) is 5.32 Å². The molecule has 0 fully saturated rings. The van der Waals surface area contributed by atoms with Crippen molar-refractivity contribution in [3.63, 3.8) is 0 Å². The van der Waals surface area contributed by atoms with Gasteiger partial charge in [-0.3, -0.25) is 4.79 Å². The summed E-state index contributed by atoms with van der Waals surface area (Å²) in [5, 5.41) is 4.29. The molecule has 1 aliphatic rings. The minimum atomic E-state index is -0.369. The molecule has 27 heavy (non-hydrogen) atoms. The lowest BCUT2D eigenvalue weighted by Crippen LogP contribution is -2.41. The van der Waals surface area contributed by atoms with Crippen LogP contribution in [0.5, 0.6) is 11.5 Å². The predicted octanol–water partition coefficient (Wildman–Crippen LogP) is 5.35. The van der Waals surface area contributed by atoms with Gasteiger partial charge in [0.1, 0.15) is 17.1 Å². The standard InChI is InChI=1S/C21H23Cl2NO3/c1-21(2)12-18(15-11-13(26-3)7-9-19(15)27-21)24-20(25)10-8-14-16(22)5-4-6-17(14)23/h4-7,9,11,18H,8,10,12H2,1-3H3,(H,24,25)/t18-/m1/s1. The molecule has 1 atom stereocenters. The Morgan fingerprint density at radius 2 is 1.96 bits per heavy atom. The van der Waals surface area contributed by atoms with Gasteiger partial charge in [0.15, 0.2) is 0 Å². The van der Waals surface area contributed by atoms with Crippen LogP contribution in [0.15, 0.2) is 36.4 Å². The highest BCUT2D eigenvalue weighted by Gasteiger charge is 2.34. The van der Waals surface area contributed by atoms with Crippen molar-refractivity contribution in [2.45, 2.75) is 44.8 Å². The van der Waals surface area contributed by atoms with E-state index in [-0.39, 0.29) is 17.6 Å². The summed E-state index contributed by atoms with van der Waals surface area (Å²) in [6.07, 6.45) is 1.47. The normalized spacial score (nSPS) is 17.6. The third-order valence-corrected chi connectivity index (χ3v) is 5.38. The van der Waals surface area contributed by atoms with Crippen LogP contribution in [-0.2, 0) is 11.2 Å². The molecule has 0 unspecified atom stereocenters. The van der Waals surface area contributed by atoms with Crippen LogP contribution in [0.4, 0.5) is 0 Å². The molecule has 1 heterocycles. The summed E-state index contributed by atoms with van der Waals surface area (Å²) >= 11 is 12.4. The molecule has 0 aromatic heterocycles. The van der Waals surface area contributed by atoms with Gasteiger partial charge in [-0.25, -0.2) is 0 Å².